The molecule has 0 fully saturated rings. The van der Waals surface area contributed by atoms with Crippen LogP contribution in [0.4, 0.5) is 13.2 Å². The lowest BCUT2D eigenvalue weighted by Gasteiger charge is -2.10. The van der Waals surface area contributed by atoms with Gasteiger partial charge in [-0.05, 0) is 23.6 Å². The number of alkyl halides is 3. The van der Waals surface area contributed by atoms with Gasteiger partial charge in [-0.2, -0.15) is 13.2 Å². The summed E-state index contributed by atoms with van der Waals surface area (Å²) in [5, 5.41) is 0.302. The number of benzene rings is 1. The molecule has 1 aromatic heterocycles. The van der Waals surface area contributed by atoms with Gasteiger partial charge in [0, 0.05) is 12.1 Å². The van der Waals surface area contributed by atoms with Crippen molar-refractivity contribution < 1.29 is 13.2 Å². The van der Waals surface area contributed by atoms with Crippen molar-refractivity contribution >= 4 is 11.6 Å². The maximum absolute atomic E-state index is 12.7. The number of nitrogens with zero attached hydrogens (tertiary/aromatic N) is 2. The van der Waals surface area contributed by atoms with E-state index in [1.54, 1.807) is 12.1 Å². The molecular formula is C15H14ClF3N2. The van der Waals surface area contributed by atoms with Crippen LogP contribution in [0.25, 0.3) is 0 Å². The SMILES string of the molecule is CC(C)c1cc(Cl)nc(Cc2cccc(C(F)(F)F)c2)n1. The largest absolute Gasteiger partial charge is 0.416 e. The molecule has 0 atom stereocenters. The zero-order chi connectivity index (χ0) is 15.6. The Labute approximate surface area is 126 Å². The first-order valence-corrected chi connectivity index (χ1v) is 6.83. The Hall–Kier alpha value is -1.62. The van der Waals surface area contributed by atoms with Crippen molar-refractivity contribution in [3.8, 4) is 0 Å². The maximum atomic E-state index is 12.7. The van der Waals surface area contributed by atoms with Crippen LogP contribution in [-0.4, -0.2) is 9.97 Å². The molecular weight excluding hydrogens is 301 g/mol. The van der Waals surface area contributed by atoms with E-state index in [-0.39, 0.29) is 12.3 Å². The second kappa shape index (κ2) is 6.02. The summed E-state index contributed by atoms with van der Waals surface area (Å²) in [6.07, 6.45) is -4.14. The van der Waals surface area contributed by atoms with E-state index in [0.29, 0.717) is 16.5 Å². The van der Waals surface area contributed by atoms with Crippen molar-refractivity contribution in [2.45, 2.75) is 32.4 Å². The third-order valence-electron chi connectivity index (χ3n) is 2.97. The average Bonchev–Trinajstić information content (AvgIpc) is 2.37. The Morgan fingerprint density at radius 1 is 1.14 bits per heavy atom. The van der Waals surface area contributed by atoms with E-state index in [2.05, 4.69) is 9.97 Å². The quantitative estimate of drug-likeness (QED) is 0.756. The summed E-state index contributed by atoms with van der Waals surface area (Å²) < 4.78 is 38.1. The van der Waals surface area contributed by atoms with Crippen molar-refractivity contribution in [3.05, 3.63) is 58.1 Å². The van der Waals surface area contributed by atoms with E-state index in [1.165, 1.54) is 6.07 Å². The van der Waals surface area contributed by atoms with E-state index in [9.17, 15) is 13.2 Å². The average molecular weight is 315 g/mol. The molecule has 0 bridgehead atoms. The van der Waals surface area contributed by atoms with Gasteiger partial charge < -0.3 is 0 Å². The molecule has 6 heteroatoms. The minimum Gasteiger partial charge on any atom is -0.237 e. The predicted molar refractivity (Wildman–Crippen MR) is 75.4 cm³/mol. The van der Waals surface area contributed by atoms with Gasteiger partial charge in [0.1, 0.15) is 11.0 Å². The van der Waals surface area contributed by atoms with E-state index in [4.69, 9.17) is 11.6 Å². The molecule has 1 heterocycles. The first-order chi connectivity index (χ1) is 9.75. The molecule has 0 N–H and O–H groups in total. The topological polar surface area (TPSA) is 25.8 Å². The van der Waals surface area contributed by atoms with Gasteiger partial charge in [-0.1, -0.05) is 43.6 Å². The minimum absolute atomic E-state index is 0.172. The molecule has 1 aromatic carbocycles. The Bertz CT molecular complexity index is 639. The highest BCUT2D eigenvalue weighted by atomic mass is 35.5. The fourth-order valence-electron chi connectivity index (χ4n) is 1.90. The van der Waals surface area contributed by atoms with Gasteiger partial charge in [-0.15, -0.1) is 0 Å². The fraction of sp³-hybridized carbons (Fsp3) is 0.333. The van der Waals surface area contributed by atoms with Gasteiger partial charge in [-0.3, -0.25) is 0 Å². The molecule has 2 rings (SSSR count). The van der Waals surface area contributed by atoms with Crippen LogP contribution in [0.3, 0.4) is 0 Å². The van der Waals surface area contributed by atoms with E-state index < -0.39 is 11.7 Å². The van der Waals surface area contributed by atoms with Crippen LogP contribution < -0.4 is 0 Å². The van der Waals surface area contributed by atoms with Crippen LogP contribution in [0.15, 0.2) is 30.3 Å². The molecule has 21 heavy (non-hydrogen) atoms. The molecule has 0 spiro atoms. The van der Waals surface area contributed by atoms with E-state index in [0.717, 1.165) is 17.8 Å². The molecule has 0 aliphatic carbocycles. The third-order valence-corrected chi connectivity index (χ3v) is 3.16. The van der Waals surface area contributed by atoms with Crippen LogP contribution in [-0.2, 0) is 12.6 Å². The standard InChI is InChI=1S/C15H14ClF3N2/c1-9(2)12-8-13(16)21-14(20-12)7-10-4-3-5-11(6-10)15(17,18)19/h3-6,8-9H,7H2,1-2H3. The molecule has 0 radical (unpaired) electrons. The molecule has 2 nitrogen and oxygen atoms in total. The van der Waals surface area contributed by atoms with E-state index in [1.807, 2.05) is 13.8 Å². The lowest BCUT2D eigenvalue weighted by molar-refractivity contribution is -0.137. The number of rotatable bonds is 3. The summed E-state index contributed by atoms with van der Waals surface area (Å²) in [4.78, 5) is 8.42. The van der Waals surface area contributed by atoms with Crippen LogP contribution in [0.5, 0.6) is 0 Å². The van der Waals surface area contributed by atoms with Crippen LogP contribution in [0, 0.1) is 0 Å². The second-order valence-corrected chi connectivity index (χ2v) is 5.45. The van der Waals surface area contributed by atoms with Crippen molar-refractivity contribution in [1.82, 2.24) is 9.97 Å². The molecule has 112 valence electrons. The summed E-state index contributed by atoms with van der Waals surface area (Å²) >= 11 is 5.93. The number of hydrogen-bond donors (Lipinski definition) is 0. The summed E-state index contributed by atoms with van der Waals surface area (Å²) in [5.74, 6) is 0.594. The third kappa shape index (κ3) is 4.17. The van der Waals surface area contributed by atoms with Crippen LogP contribution >= 0.6 is 11.6 Å². The molecule has 2 aromatic rings. The van der Waals surface area contributed by atoms with Crippen molar-refractivity contribution in [2.24, 2.45) is 0 Å². The van der Waals surface area contributed by atoms with Gasteiger partial charge in [0.25, 0.3) is 0 Å². The summed E-state index contributed by atoms with van der Waals surface area (Å²) in [6.45, 7) is 3.93. The fourth-order valence-corrected chi connectivity index (χ4v) is 2.11. The summed E-state index contributed by atoms with van der Waals surface area (Å²) in [5.41, 5.74) is 0.602. The Morgan fingerprint density at radius 2 is 1.86 bits per heavy atom. The van der Waals surface area contributed by atoms with E-state index >= 15 is 0 Å². The van der Waals surface area contributed by atoms with Crippen LogP contribution in [0.1, 0.15) is 42.4 Å². The highest BCUT2D eigenvalue weighted by molar-refractivity contribution is 6.29. The Balaban J connectivity index is 2.30. The van der Waals surface area contributed by atoms with Crippen molar-refractivity contribution in [1.29, 1.82) is 0 Å². The minimum atomic E-state index is -4.35. The first-order valence-electron chi connectivity index (χ1n) is 6.45. The lowest BCUT2D eigenvalue weighted by Crippen LogP contribution is -2.06. The zero-order valence-corrected chi connectivity index (χ0v) is 12.3. The summed E-state index contributed by atoms with van der Waals surface area (Å²) in [6, 6.07) is 6.82. The molecule has 0 aliphatic rings. The molecule has 0 unspecified atom stereocenters. The highest BCUT2D eigenvalue weighted by Gasteiger charge is 2.30. The molecule has 0 amide bonds. The molecule has 0 aliphatic heterocycles. The van der Waals surface area contributed by atoms with Gasteiger partial charge in [0.15, 0.2) is 0 Å². The number of hydrogen-bond acceptors (Lipinski definition) is 2. The number of aromatic nitrogens is 2. The zero-order valence-electron chi connectivity index (χ0n) is 11.6. The second-order valence-electron chi connectivity index (χ2n) is 5.06. The maximum Gasteiger partial charge on any atom is 0.416 e. The first kappa shape index (κ1) is 15.8. The molecule has 0 saturated carbocycles. The number of halogens is 4. The summed E-state index contributed by atoms with van der Waals surface area (Å²) in [7, 11) is 0. The highest BCUT2D eigenvalue weighted by Crippen LogP contribution is 2.30. The van der Waals surface area contributed by atoms with Gasteiger partial charge in [-0.25, -0.2) is 9.97 Å². The van der Waals surface area contributed by atoms with Crippen molar-refractivity contribution in [2.75, 3.05) is 0 Å². The van der Waals surface area contributed by atoms with Gasteiger partial charge in [0.2, 0.25) is 0 Å². The molecule has 0 saturated heterocycles. The Kier molecular flexibility index (Phi) is 4.52. The lowest BCUT2D eigenvalue weighted by atomic mass is 10.1. The van der Waals surface area contributed by atoms with Crippen molar-refractivity contribution in [3.63, 3.8) is 0 Å². The smallest absolute Gasteiger partial charge is 0.237 e. The normalized spacial score (nSPS) is 12.0. The Morgan fingerprint density at radius 3 is 2.48 bits per heavy atom. The predicted octanol–water partition coefficient (Wildman–Crippen LogP) is 4.86. The monoisotopic (exact) mass is 314 g/mol. The van der Waals surface area contributed by atoms with Gasteiger partial charge in [0.05, 0.1) is 5.56 Å². The van der Waals surface area contributed by atoms with Crippen LogP contribution in [0.2, 0.25) is 5.15 Å². The van der Waals surface area contributed by atoms with Gasteiger partial charge >= 0.3 is 6.18 Å².